The zero-order valence-corrected chi connectivity index (χ0v) is 16.0. The van der Waals surface area contributed by atoms with Gasteiger partial charge in [0.25, 0.3) is 5.91 Å². The van der Waals surface area contributed by atoms with Crippen LogP contribution in [0.4, 0.5) is 0 Å². The number of fused-ring (bicyclic) bond motifs is 2. The number of carbonyl (C=O) groups excluding carboxylic acids is 1. The van der Waals surface area contributed by atoms with Crippen molar-refractivity contribution in [3.8, 4) is 10.6 Å². The molecule has 1 aromatic carbocycles. The Morgan fingerprint density at radius 2 is 1.88 bits per heavy atom. The molecule has 4 nitrogen and oxygen atoms in total. The van der Waals surface area contributed by atoms with Gasteiger partial charge in [-0.15, -0.1) is 11.3 Å². The van der Waals surface area contributed by atoms with Crippen molar-refractivity contribution in [2.24, 2.45) is 0 Å². The van der Waals surface area contributed by atoms with E-state index in [0.29, 0.717) is 23.1 Å². The Kier molecular flexibility index (Phi) is 4.56. The molecular formula is C19H22ClN3OS. The molecule has 0 radical (unpaired) electrons. The number of amides is 1. The molecule has 2 fully saturated rings. The number of piperidine rings is 1. The molecule has 2 aliphatic rings. The topological polar surface area (TPSA) is 45.2 Å². The van der Waals surface area contributed by atoms with Crippen molar-refractivity contribution < 1.29 is 4.79 Å². The van der Waals surface area contributed by atoms with Crippen LogP contribution in [0.15, 0.2) is 24.3 Å². The summed E-state index contributed by atoms with van der Waals surface area (Å²) in [5.41, 5.74) is 1.81. The normalized spacial score (nSPS) is 25.2. The Morgan fingerprint density at radius 1 is 1.24 bits per heavy atom. The summed E-state index contributed by atoms with van der Waals surface area (Å²) < 4.78 is 0. The zero-order chi connectivity index (χ0) is 17.6. The maximum atomic E-state index is 13.1. The van der Waals surface area contributed by atoms with Crippen molar-refractivity contribution in [3.05, 3.63) is 39.9 Å². The van der Waals surface area contributed by atoms with Gasteiger partial charge in [0.2, 0.25) is 0 Å². The third-order valence-corrected chi connectivity index (χ3v) is 6.84. The number of nitrogens with one attached hydrogen (secondary N) is 1. The lowest BCUT2D eigenvalue weighted by molar-refractivity contribution is 0.0685. The minimum Gasteiger partial charge on any atom is -0.338 e. The van der Waals surface area contributed by atoms with Crippen LogP contribution in [0.5, 0.6) is 0 Å². The molecule has 2 aromatic rings. The van der Waals surface area contributed by atoms with E-state index >= 15 is 0 Å². The third-order valence-electron chi connectivity index (χ3n) is 5.40. The Morgan fingerprint density at radius 3 is 2.52 bits per heavy atom. The average molecular weight is 376 g/mol. The van der Waals surface area contributed by atoms with E-state index < -0.39 is 0 Å². The fourth-order valence-corrected chi connectivity index (χ4v) is 5.16. The molecule has 0 aliphatic carbocycles. The van der Waals surface area contributed by atoms with E-state index in [1.54, 1.807) is 0 Å². The predicted molar refractivity (Wildman–Crippen MR) is 102 cm³/mol. The van der Waals surface area contributed by atoms with Gasteiger partial charge in [0.15, 0.2) is 0 Å². The molecule has 0 spiro atoms. The summed E-state index contributed by atoms with van der Waals surface area (Å²) in [7, 11) is 1.94. The highest BCUT2D eigenvalue weighted by Crippen LogP contribution is 2.33. The van der Waals surface area contributed by atoms with E-state index in [1.807, 2.05) is 43.1 Å². The van der Waals surface area contributed by atoms with E-state index in [0.717, 1.165) is 34.0 Å². The van der Waals surface area contributed by atoms with E-state index in [9.17, 15) is 4.79 Å². The first kappa shape index (κ1) is 17.0. The molecule has 6 heteroatoms. The number of aryl methyl sites for hydroxylation is 1. The summed E-state index contributed by atoms with van der Waals surface area (Å²) in [5.74, 6) is 0.0986. The van der Waals surface area contributed by atoms with Crippen molar-refractivity contribution in [2.75, 3.05) is 7.05 Å². The fraction of sp³-hybridized carbons (Fsp3) is 0.474. The van der Waals surface area contributed by atoms with Gasteiger partial charge >= 0.3 is 0 Å². The maximum Gasteiger partial charge on any atom is 0.265 e. The van der Waals surface area contributed by atoms with Crippen molar-refractivity contribution in [1.29, 1.82) is 0 Å². The van der Waals surface area contributed by atoms with Gasteiger partial charge in [-0.25, -0.2) is 4.98 Å². The van der Waals surface area contributed by atoms with Gasteiger partial charge in [0, 0.05) is 35.8 Å². The highest BCUT2D eigenvalue weighted by Gasteiger charge is 2.37. The lowest BCUT2D eigenvalue weighted by Gasteiger charge is -2.35. The molecule has 2 atom stereocenters. The zero-order valence-electron chi connectivity index (χ0n) is 14.5. The summed E-state index contributed by atoms with van der Waals surface area (Å²) in [5, 5.41) is 5.21. The van der Waals surface area contributed by atoms with Gasteiger partial charge in [-0.3, -0.25) is 4.79 Å². The van der Waals surface area contributed by atoms with Crippen LogP contribution < -0.4 is 5.32 Å². The first-order valence-electron chi connectivity index (χ1n) is 8.78. The summed E-state index contributed by atoms with van der Waals surface area (Å²) in [6, 6.07) is 9.08. The highest BCUT2D eigenvalue weighted by atomic mass is 35.5. The first-order valence-corrected chi connectivity index (χ1v) is 9.97. The van der Waals surface area contributed by atoms with Gasteiger partial charge in [-0.05, 0) is 44.7 Å². The molecule has 0 saturated carbocycles. The predicted octanol–water partition coefficient (Wildman–Crippen LogP) is 4.13. The molecule has 2 saturated heterocycles. The quantitative estimate of drug-likeness (QED) is 0.877. The Balaban J connectivity index is 1.54. The van der Waals surface area contributed by atoms with Gasteiger partial charge in [0.05, 0.1) is 5.69 Å². The van der Waals surface area contributed by atoms with Crippen LogP contribution in [0.25, 0.3) is 10.6 Å². The molecule has 1 N–H and O–H groups in total. The molecule has 2 bridgehead atoms. The number of hydrogen-bond acceptors (Lipinski definition) is 4. The molecule has 132 valence electrons. The smallest absolute Gasteiger partial charge is 0.265 e. The maximum absolute atomic E-state index is 13.1. The Labute approximate surface area is 157 Å². The third kappa shape index (κ3) is 3.33. The first-order chi connectivity index (χ1) is 12.0. The number of thiazole rings is 1. The highest BCUT2D eigenvalue weighted by molar-refractivity contribution is 7.17. The fourth-order valence-electron chi connectivity index (χ4n) is 3.98. The summed E-state index contributed by atoms with van der Waals surface area (Å²) in [4.78, 5) is 20.4. The van der Waals surface area contributed by atoms with Crippen LogP contribution in [-0.2, 0) is 0 Å². The van der Waals surface area contributed by atoms with Crippen molar-refractivity contribution in [1.82, 2.24) is 15.2 Å². The minimum absolute atomic E-state index is 0.0986. The number of aromatic nitrogens is 1. The number of hydrogen-bond donors (Lipinski definition) is 1. The van der Waals surface area contributed by atoms with Gasteiger partial charge in [-0.1, -0.05) is 23.7 Å². The van der Waals surface area contributed by atoms with Gasteiger partial charge in [0.1, 0.15) is 9.88 Å². The van der Waals surface area contributed by atoms with Crippen LogP contribution in [0, 0.1) is 6.92 Å². The van der Waals surface area contributed by atoms with Crippen molar-refractivity contribution in [2.45, 2.75) is 50.7 Å². The molecule has 25 heavy (non-hydrogen) atoms. The second-order valence-electron chi connectivity index (χ2n) is 7.12. The van der Waals surface area contributed by atoms with Crippen LogP contribution in [0.2, 0.25) is 5.02 Å². The number of nitrogens with zero attached hydrogens (tertiary/aromatic N) is 2. The van der Waals surface area contributed by atoms with Gasteiger partial charge in [-0.2, -0.15) is 0 Å². The second-order valence-corrected chi connectivity index (χ2v) is 8.56. The summed E-state index contributed by atoms with van der Waals surface area (Å²) in [6.07, 6.45) is 4.59. The van der Waals surface area contributed by atoms with Crippen molar-refractivity contribution >= 4 is 28.8 Å². The standard InChI is InChI=1S/C19H22ClN3OS/c1-11-17(25-18(21-11)12-3-5-13(20)6-4-12)19(24)23(2)16-9-14-7-8-15(10-16)22-14/h3-6,14-16,22H,7-10H2,1-2H3. The molecule has 1 amide bonds. The van der Waals surface area contributed by atoms with E-state index in [4.69, 9.17) is 11.6 Å². The second kappa shape index (κ2) is 6.71. The number of rotatable bonds is 3. The summed E-state index contributed by atoms with van der Waals surface area (Å²) in [6.45, 7) is 1.92. The lowest BCUT2D eigenvalue weighted by atomic mass is 9.98. The van der Waals surface area contributed by atoms with E-state index in [1.165, 1.54) is 24.2 Å². The van der Waals surface area contributed by atoms with Crippen LogP contribution in [0.1, 0.15) is 41.0 Å². The molecule has 4 rings (SSSR count). The van der Waals surface area contributed by atoms with Gasteiger partial charge < -0.3 is 10.2 Å². The monoisotopic (exact) mass is 375 g/mol. The molecule has 2 unspecified atom stereocenters. The lowest BCUT2D eigenvalue weighted by Crippen LogP contribution is -2.48. The van der Waals surface area contributed by atoms with Crippen molar-refractivity contribution in [3.63, 3.8) is 0 Å². The minimum atomic E-state index is 0.0986. The molecular weight excluding hydrogens is 354 g/mol. The molecule has 3 heterocycles. The van der Waals surface area contributed by atoms with Crippen LogP contribution in [-0.4, -0.2) is 41.0 Å². The van der Waals surface area contributed by atoms with E-state index in [2.05, 4.69) is 10.3 Å². The van der Waals surface area contributed by atoms with E-state index in [-0.39, 0.29) is 5.91 Å². The SMILES string of the molecule is Cc1nc(-c2ccc(Cl)cc2)sc1C(=O)N(C)C1CC2CCC(C1)N2. The Hall–Kier alpha value is -1.43. The number of benzene rings is 1. The molecule has 2 aliphatic heterocycles. The number of carbonyl (C=O) groups is 1. The molecule has 1 aromatic heterocycles. The summed E-state index contributed by atoms with van der Waals surface area (Å²) >= 11 is 7.43. The van der Waals surface area contributed by atoms with Crippen LogP contribution in [0.3, 0.4) is 0 Å². The number of halogens is 1. The average Bonchev–Trinajstić information content (AvgIpc) is 3.16. The Bertz CT molecular complexity index is 776. The van der Waals surface area contributed by atoms with Crippen LogP contribution >= 0.6 is 22.9 Å². The largest absolute Gasteiger partial charge is 0.338 e.